The lowest BCUT2D eigenvalue weighted by Gasteiger charge is -2.14. The van der Waals surface area contributed by atoms with Crippen molar-refractivity contribution >= 4 is 12.0 Å². The van der Waals surface area contributed by atoms with Gasteiger partial charge in [-0.3, -0.25) is 4.79 Å². The van der Waals surface area contributed by atoms with Gasteiger partial charge >= 0.3 is 0 Å². The van der Waals surface area contributed by atoms with E-state index in [0.717, 1.165) is 0 Å². The molecule has 1 aliphatic heterocycles. The van der Waals surface area contributed by atoms with Gasteiger partial charge in [0.2, 0.25) is 5.91 Å². The van der Waals surface area contributed by atoms with Gasteiger partial charge in [0.15, 0.2) is 11.5 Å². The highest BCUT2D eigenvalue weighted by molar-refractivity contribution is 6.02. The quantitative estimate of drug-likeness (QED) is 0.808. The van der Waals surface area contributed by atoms with Crippen LogP contribution in [-0.4, -0.2) is 24.2 Å². The molecule has 1 aromatic carbocycles. The number of amides is 1. The maximum atomic E-state index is 12.1. The zero-order valence-electron chi connectivity index (χ0n) is 11.0. The molecule has 1 aromatic rings. The van der Waals surface area contributed by atoms with Gasteiger partial charge in [-0.2, -0.15) is 0 Å². The highest BCUT2D eigenvalue weighted by atomic mass is 16.5. The van der Waals surface area contributed by atoms with Crippen molar-refractivity contribution in [3.8, 4) is 11.5 Å². The Kier molecular flexibility index (Phi) is 3.06. The maximum absolute atomic E-state index is 12.1. The van der Waals surface area contributed by atoms with Crippen LogP contribution in [0.3, 0.4) is 0 Å². The SMILES string of the molecule is COc1cccc(/C=C2/C(=O)NC3C=CC=CC23)c1O. The molecule has 20 heavy (non-hydrogen) atoms. The fraction of sp³-hybridized carbons (Fsp3) is 0.188. The summed E-state index contributed by atoms with van der Waals surface area (Å²) >= 11 is 0. The van der Waals surface area contributed by atoms with E-state index in [1.54, 1.807) is 24.3 Å². The molecule has 4 heteroatoms. The molecule has 1 fully saturated rings. The molecule has 1 amide bonds. The Morgan fingerprint density at radius 3 is 2.90 bits per heavy atom. The van der Waals surface area contributed by atoms with Crippen molar-refractivity contribution < 1.29 is 14.6 Å². The highest BCUT2D eigenvalue weighted by Crippen LogP contribution is 2.34. The molecular weight excluding hydrogens is 254 g/mol. The van der Waals surface area contributed by atoms with Crippen LogP contribution in [0.25, 0.3) is 6.08 Å². The number of rotatable bonds is 2. The third kappa shape index (κ3) is 1.99. The summed E-state index contributed by atoms with van der Waals surface area (Å²) in [5, 5.41) is 13.0. The van der Waals surface area contributed by atoms with Gasteiger partial charge in [0.05, 0.1) is 13.2 Å². The number of carbonyl (C=O) groups excluding carboxylic acids is 1. The predicted octanol–water partition coefficient (Wildman–Crippen LogP) is 2.02. The van der Waals surface area contributed by atoms with E-state index in [1.807, 2.05) is 24.3 Å². The van der Waals surface area contributed by atoms with Gasteiger partial charge in [0, 0.05) is 17.1 Å². The zero-order chi connectivity index (χ0) is 14.1. The van der Waals surface area contributed by atoms with Crippen molar-refractivity contribution in [2.75, 3.05) is 7.11 Å². The number of hydrogen-bond donors (Lipinski definition) is 2. The van der Waals surface area contributed by atoms with Crippen molar-refractivity contribution in [1.29, 1.82) is 0 Å². The summed E-state index contributed by atoms with van der Waals surface area (Å²) in [6, 6.07) is 5.23. The van der Waals surface area contributed by atoms with Gasteiger partial charge in [-0.05, 0) is 12.1 Å². The van der Waals surface area contributed by atoms with Crippen LogP contribution in [0.2, 0.25) is 0 Å². The van der Waals surface area contributed by atoms with Crippen molar-refractivity contribution in [2.24, 2.45) is 5.92 Å². The van der Waals surface area contributed by atoms with Crippen LogP contribution in [0, 0.1) is 5.92 Å². The minimum Gasteiger partial charge on any atom is -0.504 e. The molecule has 0 saturated carbocycles. The number of allylic oxidation sites excluding steroid dienone is 2. The summed E-state index contributed by atoms with van der Waals surface area (Å²) in [7, 11) is 1.50. The topological polar surface area (TPSA) is 58.6 Å². The third-order valence-corrected chi connectivity index (χ3v) is 3.62. The van der Waals surface area contributed by atoms with Crippen LogP contribution in [0.4, 0.5) is 0 Å². The summed E-state index contributed by atoms with van der Waals surface area (Å²) in [6.45, 7) is 0. The molecule has 102 valence electrons. The highest BCUT2D eigenvalue weighted by Gasteiger charge is 2.35. The number of benzene rings is 1. The largest absolute Gasteiger partial charge is 0.504 e. The smallest absolute Gasteiger partial charge is 0.248 e. The van der Waals surface area contributed by atoms with E-state index in [1.165, 1.54) is 7.11 Å². The van der Waals surface area contributed by atoms with E-state index >= 15 is 0 Å². The second-order valence-corrected chi connectivity index (χ2v) is 4.79. The Hall–Kier alpha value is -2.49. The summed E-state index contributed by atoms with van der Waals surface area (Å²) in [5.41, 5.74) is 1.23. The summed E-state index contributed by atoms with van der Waals surface area (Å²) in [4.78, 5) is 12.1. The van der Waals surface area contributed by atoms with Crippen molar-refractivity contribution in [3.63, 3.8) is 0 Å². The number of para-hydroxylation sites is 1. The molecule has 4 nitrogen and oxygen atoms in total. The number of aromatic hydroxyl groups is 1. The first-order chi connectivity index (χ1) is 9.70. The maximum Gasteiger partial charge on any atom is 0.248 e. The first-order valence-electron chi connectivity index (χ1n) is 6.44. The van der Waals surface area contributed by atoms with Gasteiger partial charge in [0.1, 0.15) is 0 Å². The number of hydrogen-bond acceptors (Lipinski definition) is 3. The Labute approximate surface area is 117 Å². The van der Waals surface area contributed by atoms with Crippen molar-refractivity contribution in [1.82, 2.24) is 5.32 Å². The molecule has 0 radical (unpaired) electrons. The molecular formula is C16H15NO3. The van der Waals surface area contributed by atoms with Gasteiger partial charge in [-0.1, -0.05) is 36.4 Å². The average Bonchev–Trinajstić information content (AvgIpc) is 2.77. The molecule has 2 atom stereocenters. The summed E-state index contributed by atoms with van der Waals surface area (Å²) in [6.07, 6.45) is 9.54. The molecule has 1 heterocycles. The van der Waals surface area contributed by atoms with E-state index in [0.29, 0.717) is 16.9 Å². The van der Waals surface area contributed by atoms with Crippen LogP contribution >= 0.6 is 0 Å². The number of nitrogens with one attached hydrogen (secondary N) is 1. The number of carbonyl (C=O) groups is 1. The van der Waals surface area contributed by atoms with Gasteiger partial charge in [-0.25, -0.2) is 0 Å². The van der Waals surface area contributed by atoms with Crippen LogP contribution < -0.4 is 10.1 Å². The van der Waals surface area contributed by atoms with Crippen LogP contribution in [0.15, 0.2) is 48.1 Å². The number of fused-ring (bicyclic) bond motifs is 1. The lowest BCUT2D eigenvalue weighted by atomic mass is 9.91. The molecule has 1 saturated heterocycles. The minimum atomic E-state index is -0.0987. The predicted molar refractivity (Wildman–Crippen MR) is 76.3 cm³/mol. The van der Waals surface area contributed by atoms with E-state index in [4.69, 9.17) is 4.74 Å². The van der Waals surface area contributed by atoms with E-state index in [-0.39, 0.29) is 23.6 Å². The van der Waals surface area contributed by atoms with Crippen molar-refractivity contribution in [3.05, 3.63) is 53.6 Å². The second-order valence-electron chi connectivity index (χ2n) is 4.79. The van der Waals surface area contributed by atoms with Gasteiger partial charge in [0.25, 0.3) is 0 Å². The molecule has 2 N–H and O–H groups in total. The Bertz CT molecular complexity index is 643. The Morgan fingerprint density at radius 1 is 1.30 bits per heavy atom. The normalized spacial score (nSPS) is 25.6. The van der Waals surface area contributed by atoms with E-state index in [2.05, 4.69) is 5.32 Å². The van der Waals surface area contributed by atoms with Crippen LogP contribution in [0.5, 0.6) is 11.5 Å². The lowest BCUT2D eigenvalue weighted by molar-refractivity contribution is -0.116. The molecule has 2 unspecified atom stereocenters. The minimum absolute atomic E-state index is 0.00602. The Balaban J connectivity index is 2.02. The molecule has 0 bridgehead atoms. The second kappa shape index (κ2) is 4.89. The zero-order valence-corrected chi connectivity index (χ0v) is 11.0. The fourth-order valence-electron chi connectivity index (χ4n) is 2.58. The lowest BCUT2D eigenvalue weighted by Crippen LogP contribution is -2.26. The number of phenolic OH excluding ortho intramolecular Hbond substituents is 1. The number of phenols is 1. The number of methoxy groups -OCH3 is 1. The van der Waals surface area contributed by atoms with Crippen LogP contribution in [0.1, 0.15) is 5.56 Å². The average molecular weight is 269 g/mol. The van der Waals surface area contributed by atoms with Gasteiger partial charge in [-0.15, -0.1) is 0 Å². The summed E-state index contributed by atoms with van der Waals surface area (Å²) in [5.74, 6) is 0.360. The first-order valence-corrected chi connectivity index (χ1v) is 6.44. The molecule has 2 aliphatic rings. The van der Waals surface area contributed by atoms with Crippen LogP contribution in [-0.2, 0) is 4.79 Å². The van der Waals surface area contributed by atoms with E-state index < -0.39 is 0 Å². The fourth-order valence-corrected chi connectivity index (χ4v) is 2.58. The molecule has 0 spiro atoms. The molecule has 0 aromatic heterocycles. The third-order valence-electron chi connectivity index (χ3n) is 3.62. The van der Waals surface area contributed by atoms with Crippen molar-refractivity contribution in [2.45, 2.75) is 6.04 Å². The first kappa shape index (κ1) is 12.5. The monoisotopic (exact) mass is 269 g/mol. The standard InChI is InChI=1S/C16H15NO3/c1-20-14-8-4-5-10(15(14)18)9-12-11-6-2-3-7-13(11)17-16(12)19/h2-9,11,13,18H,1H3,(H,17,19)/b12-9+. The molecule has 3 rings (SSSR count). The number of ether oxygens (including phenoxy) is 1. The van der Waals surface area contributed by atoms with E-state index in [9.17, 15) is 9.90 Å². The Morgan fingerprint density at radius 2 is 2.10 bits per heavy atom. The molecule has 1 aliphatic carbocycles. The summed E-state index contributed by atoms with van der Waals surface area (Å²) < 4.78 is 5.08. The van der Waals surface area contributed by atoms with Gasteiger partial charge < -0.3 is 15.2 Å².